The Morgan fingerprint density at radius 2 is 2.60 bits per heavy atom. The average molecular weight is 210 g/mol. The normalized spacial score (nSPS) is 20.9. The lowest BCUT2D eigenvalue weighted by molar-refractivity contribution is 0.0774. The van der Waals surface area contributed by atoms with E-state index in [1.165, 1.54) is 6.26 Å². The van der Waals surface area contributed by atoms with Gasteiger partial charge in [-0.3, -0.25) is 4.79 Å². The summed E-state index contributed by atoms with van der Waals surface area (Å²) in [6, 6.07) is 1.57. The summed E-state index contributed by atoms with van der Waals surface area (Å²) in [5, 5.41) is 12.4. The molecule has 2 heterocycles. The van der Waals surface area contributed by atoms with Gasteiger partial charge in [0.2, 0.25) is 0 Å². The summed E-state index contributed by atoms with van der Waals surface area (Å²) >= 11 is 0. The molecule has 0 aliphatic carbocycles. The topological polar surface area (TPSA) is 66.6 Å². The first-order chi connectivity index (χ1) is 7.31. The number of hydrogen-bond donors (Lipinski definition) is 1. The number of rotatable bonds is 3. The van der Waals surface area contributed by atoms with Crippen molar-refractivity contribution >= 4 is 5.91 Å². The van der Waals surface area contributed by atoms with Crippen molar-refractivity contribution in [3.8, 4) is 0 Å². The number of carbonyl (C=O) groups is 1. The minimum Gasteiger partial charge on any atom is -0.396 e. The van der Waals surface area contributed by atoms with Gasteiger partial charge in [-0.15, -0.1) is 0 Å². The van der Waals surface area contributed by atoms with Gasteiger partial charge in [-0.05, 0) is 18.8 Å². The smallest absolute Gasteiger partial charge is 0.276 e. The number of carbonyl (C=O) groups excluding carboxylic acids is 1. The van der Waals surface area contributed by atoms with Gasteiger partial charge in [-0.2, -0.15) is 0 Å². The van der Waals surface area contributed by atoms with Crippen molar-refractivity contribution in [2.75, 3.05) is 19.7 Å². The van der Waals surface area contributed by atoms with E-state index in [1.807, 2.05) is 0 Å². The van der Waals surface area contributed by atoms with Crippen molar-refractivity contribution in [3.05, 3.63) is 18.0 Å². The maximum atomic E-state index is 11.8. The zero-order chi connectivity index (χ0) is 10.7. The fourth-order valence-electron chi connectivity index (χ4n) is 1.92. The standard InChI is InChI=1S/C10H14N2O3/c13-5-2-8-1-4-12(7-8)10(14)9-3-6-15-11-9/h3,6,8,13H,1-2,4-5,7H2. The zero-order valence-corrected chi connectivity index (χ0v) is 8.43. The maximum absolute atomic E-state index is 11.8. The van der Waals surface area contributed by atoms with E-state index in [4.69, 9.17) is 5.11 Å². The molecule has 1 N–H and O–H groups in total. The Labute approximate surface area is 87.7 Å². The van der Waals surface area contributed by atoms with Crippen molar-refractivity contribution in [1.82, 2.24) is 10.1 Å². The van der Waals surface area contributed by atoms with Gasteiger partial charge in [0.1, 0.15) is 6.26 Å². The van der Waals surface area contributed by atoms with Gasteiger partial charge in [0.05, 0.1) is 0 Å². The SMILES string of the molecule is O=C(c1ccon1)N1CCC(CCO)C1. The second kappa shape index (κ2) is 4.44. The molecular weight excluding hydrogens is 196 g/mol. The van der Waals surface area contributed by atoms with Crippen LogP contribution in [0.1, 0.15) is 23.3 Å². The lowest BCUT2D eigenvalue weighted by Gasteiger charge is -2.14. The van der Waals surface area contributed by atoms with Gasteiger partial charge < -0.3 is 14.5 Å². The molecule has 1 amide bonds. The van der Waals surface area contributed by atoms with Gasteiger partial charge in [0, 0.05) is 25.8 Å². The highest BCUT2D eigenvalue weighted by atomic mass is 16.5. The van der Waals surface area contributed by atoms with Crippen LogP contribution in [0.4, 0.5) is 0 Å². The van der Waals surface area contributed by atoms with Gasteiger partial charge in [-0.25, -0.2) is 0 Å². The molecule has 2 rings (SSSR count). The quantitative estimate of drug-likeness (QED) is 0.789. The Morgan fingerprint density at radius 3 is 3.27 bits per heavy atom. The summed E-state index contributed by atoms with van der Waals surface area (Å²) < 4.78 is 4.63. The van der Waals surface area contributed by atoms with Crippen molar-refractivity contribution < 1.29 is 14.4 Å². The van der Waals surface area contributed by atoms with Crippen molar-refractivity contribution in [3.63, 3.8) is 0 Å². The molecule has 0 radical (unpaired) electrons. The molecule has 1 aliphatic rings. The van der Waals surface area contributed by atoms with Crippen LogP contribution < -0.4 is 0 Å². The van der Waals surface area contributed by atoms with Crippen molar-refractivity contribution in [2.24, 2.45) is 5.92 Å². The fourth-order valence-corrected chi connectivity index (χ4v) is 1.92. The summed E-state index contributed by atoms with van der Waals surface area (Å²) in [5.74, 6) is 0.343. The first-order valence-corrected chi connectivity index (χ1v) is 5.12. The summed E-state index contributed by atoms with van der Waals surface area (Å²) in [6.07, 6.45) is 3.13. The Hall–Kier alpha value is -1.36. The fraction of sp³-hybridized carbons (Fsp3) is 0.600. The number of likely N-dealkylation sites (tertiary alicyclic amines) is 1. The molecule has 0 saturated carbocycles. The lowest BCUT2D eigenvalue weighted by Crippen LogP contribution is -2.29. The third-order valence-electron chi connectivity index (χ3n) is 2.77. The molecule has 1 unspecified atom stereocenters. The molecule has 5 heteroatoms. The van der Waals surface area contributed by atoms with E-state index in [-0.39, 0.29) is 12.5 Å². The van der Waals surface area contributed by atoms with E-state index in [0.29, 0.717) is 18.2 Å². The van der Waals surface area contributed by atoms with E-state index in [9.17, 15) is 4.79 Å². The van der Waals surface area contributed by atoms with Crippen LogP contribution in [0.15, 0.2) is 16.9 Å². The predicted octanol–water partition coefficient (Wildman–Crippen LogP) is 0.519. The molecular formula is C10H14N2O3. The third kappa shape index (κ3) is 2.18. The molecule has 0 bridgehead atoms. The molecule has 1 saturated heterocycles. The molecule has 1 aliphatic heterocycles. The van der Waals surface area contributed by atoms with Crippen LogP contribution in [0, 0.1) is 5.92 Å². The number of amides is 1. The summed E-state index contributed by atoms with van der Waals surface area (Å²) in [5.41, 5.74) is 0.361. The number of aliphatic hydroxyl groups excluding tert-OH is 1. The van der Waals surface area contributed by atoms with Crippen LogP contribution >= 0.6 is 0 Å². The van der Waals surface area contributed by atoms with Gasteiger partial charge in [-0.1, -0.05) is 5.16 Å². The minimum atomic E-state index is -0.0795. The Bertz CT molecular complexity index is 323. The van der Waals surface area contributed by atoms with E-state index in [0.717, 1.165) is 19.4 Å². The van der Waals surface area contributed by atoms with Crippen molar-refractivity contribution in [1.29, 1.82) is 0 Å². The van der Waals surface area contributed by atoms with Crippen LogP contribution in [0.3, 0.4) is 0 Å². The molecule has 1 fully saturated rings. The molecule has 82 valence electrons. The molecule has 1 aromatic heterocycles. The van der Waals surface area contributed by atoms with E-state index in [2.05, 4.69) is 9.68 Å². The van der Waals surface area contributed by atoms with E-state index in [1.54, 1.807) is 11.0 Å². The van der Waals surface area contributed by atoms with E-state index >= 15 is 0 Å². The second-order valence-corrected chi connectivity index (χ2v) is 3.80. The minimum absolute atomic E-state index is 0.0795. The molecule has 5 nitrogen and oxygen atoms in total. The molecule has 0 spiro atoms. The average Bonchev–Trinajstić information content (AvgIpc) is 2.87. The Kier molecular flexibility index (Phi) is 3.01. The molecule has 0 aromatic carbocycles. The van der Waals surface area contributed by atoms with Crippen LogP contribution in [0.2, 0.25) is 0 Å². The monoisotopic (exact) mass is 210 g/mol. The highest BCUT2D eigenvalue weighted by molar-refractivity contribution is 5.92. The van der Waals surface area contributed by atoms with Crippen LogP contribution in [0.5, 0.6) is 0 Å². The van der Waals surface area contributed by atoms with Crippen molar-refractivity contribution in [2.45, 2.75) is 12.8 Å². The molecule has 15 heavy (non-hydrogen) atoms. The maximum Gasteiger partial charge on any atom is 0.276 e. The first kappa shape index (κ1) is 10.2. The number of hydrogen-bond acceptors (Lipinski definition) is 4. The Balaban J connectivity index is 1.93. The zero-order valence-electron chi connectivity index (χ0n) is 8.43. The van der Waals surface area contributed by atoms with Crippen LogP contribution in [-0.4, -0.2) is 40.8 Å². The molecule has 1 aromatic rings. The summed E-state index contributed by atoms with van der Waals surface area (Å²) in [6.45, 7) is 1.65. The second-order valence-electron chi connectivity index (χ2n) is 3.80. The Morgan fingerprint density at radius 1 is 1.73 bits per heavy atom. The number of aromatic nitrogens is 1. The van der Waals surface area contributed by atoms with E-state index < -0.39 is 0 Å². The van der Waals surface area contributed by atoms with Gasteiger partial charge in [0.25, 0.3) is 5.91 Å². The highest BCUT2D eigenvalue weighted by Gasteiger charge is 2.27. The molecule has 1 atom stereocenters. The first-order valence-electron chi connectivity index (χ1n) is 5.12. The predicted molar refractivity (Wildman–Crippen MR) is 52.2 cm³/mol. The summed E-state index contributed by atoms with van der Waals surface area (Å²) in [4.78, 5) is 13.6. The highest BCUT2D eigenvalue weighted by Crippen LogP contribution is 2.20. The lowest BCUT2D eigenvalue weighted by atomic mass is 10.1. The number of aliphatic hydroxyl groups is 1. The van der Waals surface area contributed by atoms with Crippen LogP contribution in [0.25, 0.3) is 0 Å². The largest absolute Gasteiger partial charge is 0.396 e. The van der Waals surface area contributed by atoms with Gasteiger partial charge >= 0.3 is 0 Å². The number of nitrogens with zero attached hydrogens (tertiary/aromatic N) is 2. The third-order valence-corrected chi connectivity index (χ3v) is 2.77. The summed E-state index contributed by atoms with van der Waals surface area (Å²) in [7, 11) is 0. The van der Waals surface area contributed by atoms with Crippen LogP contribution in [-0.2, 0) is 0 Å². The van der Waals surface area contributed by atoms with Gasteiger partial charge in [0.15, 0.2) is 5.69 Å².